The highest BCUT2D eigenvalue weighted by molar-refractivity contribution is 6.00. The Hall–Kier alpha value is -3.24. The molecule has 0 aliphatic carbocycles. The maximum Gasteiger partial charge on any atom is 0.387 e. The van der Waals surface area contributed by atoms with E-state index in [4.69, 9.17) is 4.74 Å². The maximum atomic E-state index is 12.8. The van der Waals surface area contributed by atoms with Gasteiger partial charge in [-0.25, -0.2) is 9.59 Å². The first kappa shape index (κ1) is 20.5. The van der Waals surface area contributed by atoms with E-state index in [9.17, 15) is 28.0 Å². The summed E-state index contributed by atoms with van der Waals surface area (Å²) >= 11 is 0. The number of carbonyl (C=O) groups is 4. The second kappa shape index (κ2) is 8.84. The third-order valence-electron chi connectivity index (χ3n) is 4.62. The zero-order chi connectivity index (χ0) is 21.0. The number of likely N-dealkylation sites (tertiary alicyclic amines) is 1. The predicted octanol–water partition coefficient (Wildman–Crippen LogP) is 0.988. The Balaban J connectivity index is 1.65. The molecule has 1 atom stereocenters. The van der Waals surface area contributed by atoms with Crippen molar-refractivity contribution >= 4 is 23.8 Å². The molecule has 1 N–H and O–H groups in total. The number of para-hydroxylation sites is 1. The molecule has 1 unspecified atom stereocenters. The van der Waals surface area contributed by atoms with Crippen LogP contribution in [0.25, 0.3) is 0 Å². The average molecular weight is 411 g/mol. The second-order valence-corrected chi connectivity index (χ2v) is 6.42. The normalized spacial score (nSPS) is 18.7. The van der Waals surface area contributed by atoms with Gasteiger partial charge in [0.05, 0.1) is 5.56 Å². The van der Waals surface area contributed by atoms with Crippen LogP contribution in [-0.2, 0) is 14.3 Å². The second-order valence-electron chi connectivity index (χ2n) is 6.42. The van der Waals surface area contributed by atoms with Gasteiger partial charge in [-0.3, -0.25) is 14.5 Å². The largest absolute Gasteiger partial charge is 0.454 e. The summed E-state index contributed by atoms with van der Waals surface area (Å²) in [4.78, 5) is 50.8. The van der Waals surface area contributed by atoms with Crippen LogP contribution >= 0.6 is 0 Å². The lowest BCUT2D eigenvalue weighted by atomic mass is 10.1. The van der Waals surface area contributed by atoms with Crippen LogP contribution in [0, 0.1) is 0 Å². The Morgan fingerprint density at radius 1 is 1.21 bits per heavy atom. The molecule has 0 saturated carbocycles. The number of halogens is 2. The first-order chi connectivity index (χ1) is 13.9. The molecule has 156 valence electrons. The molecule has 2 aliphatic heterocycles. The van der Waals surface area contributed by atoms with Crippen LogP contribution in [-0.4, -0.2) is 72.5 Å². The number of hydrogen-bond acceptors (Lipinski definition) is 6. The average Bonchev–Trinajstić information content (AvgIpc) is 3.34. The summed E-state index contributed by atoms with van der Waals surface area (Å²) in [6, 6.07) is 4.00. The Labute approximate surface area is 164 Å². The molecular weight excluding hydrogens is 392 g/mol. The van der Waals surface area contributed by atoms with Crippen LogP contribution < -0.4 is 10.1 Å². The van der Waals surface area contributed by atoms with Gasteiger partial charge in [0.15, 0.2) is 6.61 Å². The monoisotopic (exact) mass is 411 g/mol. The van der Waals surface area contributed by atoms with E-state index in [1.54, 1.807) is 0 Å². The molecule has 1 aromatic carbocycles. The SMILES string of the molecule is O=C(OCC(=O)N1CCNC1=O)C1CCCN1C(=O)c1ccccc1OC(F)F. The Morgan fingerprint density at radius 3 is 2.66 bits per heavy atom. The smallest absolute Gasteiger partial charge is 0.387 e. The summed E-state index contributed by atoms with van der Waals surface area (Å²) in [7, 11) is 0. The van der Waals surface area contributed by atoms with Gasteiger partial charge >= 0.3 is 18.6 Å². The molecule has 11 heteroatoms. The summed E-state index contributed by atoms with van der Waals surface area (Å²) < 4.78 is 34.6. The van der Waals surface area contributed by atoms with E-state index in [1.807, 2.05) is 0 Å². The fourth-order valence-corrected chi connectivity index (χ4v) is 3.27. The first-order valence-corrected chi connectivity index (χ1v) is 8.98. The van der Waals surface area contributed by atoms with Gasteiger partial charge in [-0.05, 0) is 25.0 Å². The fourth-order valence-electron chi connectivity index (χ4n) is 3.27. The topological polar surface area (TPSA) is 105 Å². The molecule has 0 bridgehead atoms. The molecule has 0 aromatic heterocycles. The highest BCUT2D eigenvalue weighted by atomic mass is 19.3. The third-order valence-corrected chi connectivity index (χ3v) is 4.62. The number of alkyl halides is 2. The molecule has 3 rings (SSSR count). The number of amides is 4. The lowest BCUT2D eigenvalue weighted by Crippen LogP contribution is -2.43. The van der Waals surface area contributed by atoms with Crippen molar-refractivity contribution < 1.29 is 37.4 Å². The van der Waals surface area contributed by atoms with Crippen LogP contribution in [0.15, 0.2) is 24.3 Å². The van der Waals surface area contributed by atoms with Crippen LogP contribution in [0.3, 0.4) is 0 Å². The van der Waals surface area contributed by atoms with Crippen LogP contribution in [0.5, 0.6) is 5.75 Å². The number of imide groups is 1. The summed E-state index contributed by atoms with van der Waals surface area (Å²) in [6.07, 6.45) is 0.812. The quantitative estimate of drug-likeness (QED) is 0.700. The minimum absolute atomic E-state index is 0.0997. The van der Waals surface area contributed by atoms with Crippen LogP contribution in [0.4, 0.5) is 13.6 Å². The number of nitrogens with one attached hydrogen (secondary N) is 1. The number of rotatable bonds is 6. The van der Waals surface area contributed by atoms with E-state index >= 15 is 0 Å². The van der Waals surface area contributed by atoms with Crippen molar-refractivity contribution in [3.8, 4) is 5.75 Å². The molecule has 29 heavy (non-hydrogen) atoms. The fraction of sp³-hybridized carbons (Fsp3) is 0.444. The summed E-state index contributed by atoms with van der Waals surface area (Å²) in [5.41, 5.74) is -0.0997. The van der Waals surface area contributed by atoms with Crippen molar-refractivity contribution in [1.82, 2.24) is 15.1 Å². The van der Waals surface area contributed by atoms with Crippen molar-refractivity contribution in [2.75, 3.05) is 26.2 Å². The maximum absolute atomic E-state index is 12.8. The number of urea groups is 1. The van der Waals surface area contributed by atoms with Crippen LogP contribution in [0.2, 0.25) is 0 Å². The molecule has 1 aromatic rings. The van der Waals surface area contributed by atoms with Crippen molar-refractivity contribution in [2.24, 2.45) is 0 Å². The van der Waals surface area contributed by atoms with E-state index < -0.39 is 43.1 Å². The Kier molecular flexibility index (Phi) is 6.25. The number of nitrogens with zero attached hydrogens (tertiary/aromatic N) is 2. The molecule has 4 amide bonds. The highest BCUT2D eigenvalue weighted by Crippen LogP contribution is 2.26. The number of esters is 1. The standard InChI is InChI=1S/C18H19F2N3O6/c19-17(20)29-13-6-2-1-4-11(13)15(25)22-8-3-5-12(22)16(26)28-10-14(24)23-9-7-21-18(23)27/h1-2,4,6,12,17H,3,5,7-10H2,(H,21,27). The molecule has 2 heterocycles. The van der Waals surface area contributed by atoms with Crippen molar-refractivity contribution in [3.63, 3.8) is 0 Å². The molecule has 2 saturated heterocycles. The molecule has 9 nitrogen and oxygen atoms in total. The van der Waals surface area contributed by atoms with Crippen molar-refractivity contribution in [3.05, 3.63) is 29.8 Å². The highest BCUT2D eigenvalue weighted by Gasteiger charge is 2.37. The summed E-state index contributed by atoms with van der Waals surface area (Å²) in [5.74, 6) is -2.40. The molecule has 0 radical (unpaired) electrons. The molecule has 0 spiro atoms. The van der Waals surface area contributed by atoms with Gasteiger partial charge in [0, 0.05) is 19.6 Å². The first-order valence-electron chi connectivity index (χ1n) is 8.98. The zero-order valence-corrected chi connectivity index (χ0v) is 15.3. The van der Waals surface area contributed by atoms with Crippen molar-refractivity contribution in [1.29, 1.82) is 0 Å². The number of ether oxygens (including phenoxy) is 2. The van der Waals surface area contributed by atoms with Gasteiger partial charge in [0.2, 0.25) is 0 Å². The summed E-state index contributed by atoms with van der Waals surface area (Å²) in [5, 5.41) is 2.46. The van der Waals surface area contributed by atoms with Gasteiger partial charge in [0.25, 0.3) is 11.8 Å². The zero-order valence-electron chi connectivity index (χ0n) is 15.3. The van der Waals surface area contributed by atoms with Gasteiger partial charge in [-0.15, -0.1) is 0 Å². The van der Waals surface area contributed by atoms with Crippen molar-refractivity contribution in [2.45, 2.75) is 25.5 Å². The minimum atomic E-state index is -3.10. The lowest BCUT2D eigenvalue weighted by molar-refractivity contribution is -0.154. The minimum Gasteiger partial charge on any atom is -0.454 e. The van der Waals surface area contributed by atoms with Gasteiger partial charge in [-0.1, -0.05) is 12.1 Å². The number of hydrogen-bond donors (Lipinski definition) is 1. The van der Waals surface area contributed by atoms with E-state index in [0.29, 0.717) is 19.4 Å². The molecule has 2 aliphatic rings. The van der Waals surface area contributed by atoms with Gasteiger partial charge in [-0.2, -0.15) is 8.78 Å². The van der Waals surface area contributed by atoms with Gasteiger partial charge < -0.3 is 19.7 Å². The molecular formula is C18H19F2N3O6. The van der Waals surface area contributed by atoms with E-state index in [1.165, 1.54) is 29.2 Å². The predicted molar refractivity (Wildman–Crippen MR) is 93.2 cm³/mol. The molecule has 2 fully saturated rings. The lowest BCUT2D eigenvalue weighted by Gasteiger charge is -2.24. The number of carbonyl (C=O) groups excluding carboxylic acids is 4. The van der Waals surface area contributed by atoms with E-state index in [2.05, 4.69) is 10.1 Å². The number of benzene rings is 1. The third kappa shape index (κ3) is 4.61. The Morgan fingerprint density at radius 2 is 1.97 bits per heavy atom. The van der Waals surface area contributed by atoms with Gasteiger partial charge in [0.1, 0.15) is 11.8 Å². The van der Waals surface area contributed by atoms with E-state index in [-0.39, 0.29) is 24.4 Å². The summed E-state index contributed by atoms with van der Waals surface area (Å²) in [6.45, 7) is -3.00. The van der Waals surface area contributed by atoms with Crippen LogP contribution in [0.1, 0.15) is 23.2 Å². The Bertz CT molecular complexity index is 819. The van der Waals surface area contributed by atoms with E-state index in [0.717, 1.165) is 4.90 Å².